The lowest BCUT2D eigenvalue weighted by Gasteiger charge is -2.20. The number of nitrogens with zero attached hydrogens (tertiary/aromatic N) is 2. The molecule has 0 atom stereocenters. The predicted octanol–water partition coefficient (Wildman–Crippen LogP) is 1.65. The van der Waals surface area contributed by atoms with Crippen molar-refractivity contribution >= 4 is 16.3 Å². The molecule has 7 heteroatoms. The summed E-state index contributed by atoms with van der Waals surface area (Å²) in [5.41, 5.74) is 5.43. The van der Waals surface area contributed by atoms with Crippen LogP contribution in [0.3, 0.4) is 0 Å². The highest BCUT2D eigenvalue weighted by molar-refractivity contribution is 7.85. The van der Waals surface area contributed by atoms with Gasteiger partial charge in [-0.25, -0.2) is 13.4 Å². The molecule has 0 aromatic heterocycles. The minimum Gasteiger partial charge on any atom is -0.744 e. The average molecular weight is 325 g/mol. The van der Waals surface area contributed by atoms with E-state index in [0.717, 1.165) is 18.7 Å². The molecule has 0 saturated carbocycles. The standard InChI is InChI=1S/C8H16N3.C7H8O3S/c1-4-10-6-8(3)7-11(5-2)9-10;1-6-2-4-7(5-3-6)11(8,9)10/h6-7,9H,4-5H2,1-3H3;2-5H,1H3,(H,8,9,10)/q+1;/p-1. The summed E-state index contributed by atoms with van der Waals surface area (Å²) >= 11 is 0. The molecule has 122 valence electrons. The van der Waals surface area contributed by atoms with Gasteiger partial charge in [0.1, 0.15) is 10.1 Å². The number of allylic oxidation sites excluding steroid dienone is 1. The highest BCUT2D eigenvalue weighted by Gasteiger charge is 2.10. The van der Waals surface area contributed by atoms with Gasteiger partial charge in [0, 0.05) is 18.3 Å². The molecule has 22 heavy (non-hydrogen) atoms. The normalized spacial score (nSPS) is 14.3. The summed E-state index contributed by atoms with van der Waals surface area (Å²) < 4.78 is 33.2. The van der Waals surface area contributed by atoms with Crippen LogP contribution in [-0.2, 0) is 10.1 Å². The number of benzene rings is 1. The number of aryl methyl sites for hydroxylation is 1. The zero-order chi connectivity index (χ0) is 16.8. The van der Waals surface area contributed by atoms with Crippen LogP contribution < -0.4 is 5.53 Å². The van der Waals surface area contributed by atoms with Crippen LogP contribution >= 0.6 is 0 Å². The van der Waals surface area contributed by atoms with E-state index in [1.54, 1.807) is 12.1 Å². The van der Waals surface area contributed by atoms with E-state index < -0.39 is 10.1 Å². The summed E-state index contributed by atoms with van der Waals surface area (Å²) in [4.78, 5) is -0.178. The highest BCUT2D eigenvalue weighted by Crippen LogP contribution is 2.08. The average Bonchev–Trinajstić information content (AvgIpc) is 2.46. The van der Waals surface area contributed by atoms with Crippen LogP contribution in [0.1, 0.15) is 26.3 Å². The number of hydrazone groups is 1. The third-order valence-corrected chi connectivity index (χ3v) is 3.82. The quantitative estimate of drug-likeness (QED) is 0.675. The van der Waals surface area contributed by atoms with Crippen molar-refractivity contribution in [1.82, 2.24) is 10.5 Å². The molecule has 1 aliphatic heterocycles. The Morgan fingerprint density at radius 1 is 1.18 bits per heavy atom. The largest absolute Gasteiger partial charge is 0.744 e. The Hall–Kier alpha value is -1.86. The minimum absolute atomic E-state index is 0.178. The molecule has 2 rings (SSSR count). The Labute approximate surface area is 132 Å². The molecular formula is C15H23N3O3S. The second kappa shape index (κ2) is 7.95. The number of rotatable bonds is 3. The van der Waals surface area contributed by atoms with Gasteiger partial charge in [-0.15, -0.1) is 10.2 Å². The molecule has 1 aromatic rings. The maximum atomic E-state index is 10.4. The van der Waals surface area contributed by atoms with Gasteiger partial charge in [0.25, 0.3) is 0 Å². The van der Waals surface area contributed by atoms with Crippen molar-refractivity contribution in [1.29, 1.82) is 0 Å². The summed E-state index contributed by atoms with van der Waals surface area (Å²) in [5.74, 6) is 0. The topological polar surface area (TPSA) is 75.5 Å². The van der Waals surface area contributed by atoms with E-state index in [1.807, 2.05) is 6.92 Å². The third-order valence-electron chi connectivity index (χ3n) is 2.97. The van der Waals surface area contributed by atoms with Crippen molar-refractivity contribution in [3.05, 3.63) is 41.6 Å². The van der Waals surface area contributed by atoms with Gasteiger partial charge in [-0.2, -0.15) is 0 Å². The molecule has 1 heterocycles. The number of hydrogen-bond acceptors (Lipinski definition) is 5. The molecule has 0 unspecified atom stereocenters. The van der Waals surface area contributed by atoms with Crippen LogP contribution in [0, 0.1) is 6.92 Å². The van der Waals surface area contributed by atoms with Crippen molar-refractivity contribution in [3.8, 4) is 0 Å². The molecule has 0 bridgehead atoms. The second-order valence-electron chi connectivity index (χ2n) is 4.94. The number of nitrogens with one attached hydrogen (secondary N) is 1. The molecule has 0 aliphatic carbocycles. The Bertz CT molecular complexity index is 649. The molecule has 0 fully saturated rings. The van der Waals surface area contributed by atoms with Gasteiger partial charge in [-0.3, -0.25) is 0 Å². The fourth-order valence-electron chi connectivity index (χ4n) is 1.78. The van der Waals surface area contributed by atoms with E-state index in [2.05, 4.69) is 48.4 Å². The molecule has 0 radical (unpaired) electrons. The first-order chi connectivity index (χ1) is 10.3. The smallest absolute Gasteiger partial charge is 0.199 e. The molecule has 0 saturated heterocycles. The lowest BCUT2D eigenvalue weighted by Crippen LogP contribution is -2.44. The Morgan fingerprint density at radius 2 is 1.77 bits per heavy atom. The van der Waals surface area contributed by atoms with Crippen LogP contribution in [0.4, 0.5) is 0 Å². The number of hydrogen-bond donors (Lipinski definition) is 1. The van der Waals surface area contributed by atoms with E-state index in [4.69, 9.17) is 0 Å². The zero-order valence-corrected chi connectivity index (χ0v) is 14.2. The van der Waals surface area contributed by atoms with Crippen molar-refractivity contribution in [2.75, 3.05) is 13.1 Å². The van der Waals surface area contributed by atoms with Crippen LogP contribution in [0.5, 0.6) is 0 Å². The molecule has 1 aliphatic rings. The first-order valence-corrected chi connectivity index (χ1v) is 8.52. The lowest BCUT2D eigenvalue weighted by atomic mass is 10.2. The van der Waals surface area contributed by atoms with Crippen molar-refractivity contribution < 1.29 is 17.7 Å². The Morgan fingerprint density at radius 3 is 2.23 bits per heavy atom. The van der Waals surface area contributed by atoms with Gasteiger partial charge in [0.15, 0.2) is 12.8 Å². The van der Waals surface area contributed by atoms with Gasteiger partial charge in [-0.05, 0) is 39.8 Å². The van der Waals surface area contributed by atoms with Gasteiger partial charge in [0.05, 0.1) is 4.90 Å². The first-order valence-electron chi connectivity index (χ1n) is 7.11. The minimum atomic E-state index is -4.27. The third kappa shape index (κ3) is 5.87. The summed E-state index contributed by atoms with van der Waals surface area (Å²) in [5, 5.41) is 2.07. The molecule has 6 nitrogen and oxygen atoms in total. The van der Waals surface area contributed by atoms with Gasteiger partial charge in [-0.1, -0.05) is 17.7 Å². The van der Waals surface area contributed by atoms with Gasteiger partial charge >= 0.3 is 0 Å². The zero-order valence-electron chi connectivity index (χ0n) is 13.4. The molecule has 1 N–H and O–H groups in total. The molecule has 1 aromatic carbocycles. The molecular weight excluding hydrogens is 302 g/mol. The summed E-state index contributed by atoms with van der Waals surface area (Å²) in [7, 11) is -4.27. The van der Waals surface area contributed by atoms with Crippen LogP contribution in [0.2, 0.25) is 0 Å². The maximum Gasteiger partial charge on any atom is 0.199 e. The van der Waals surface area contributed by atoms with Crippen LogP contribution in [0.15, 0.2) is 40.9 Å². The van der Waals surface area contributed by atoms with Crippen molar-refractivity contribution in [2.24, 2.45) is 0 Å². The maximum absolute atomic E-state index is 10.4. The predicted molar refractivity (Wildman–Crippen MR) is 85.3 cm³/mol. The van der Waals surface area contributed by atoms with E-state index in [0.29, 0.717) is 0 Å². The van der Waals surface area contributed by atoms with E-state index >= 15 is 0 Å². The first kappa shape index (κ1) is 18.2. The SMILES string of the molecule is CCN1C=C(C)C=[N+](CC)N1.Cc1ccc(S(=O)(=O)[O-])cc1. The number of hydrazine groups is 2. The van der Waals surface area contributed by atoms with Gasteiger partial charge < -0.3 is 4.55 Å². The highest BCUT2D eigenvalue weighted by atomic mass is 32.2. The Balaban J connectivity index is 0.000000220. The fourth-order valence-corrected chi connectivity index (χ4v) is 2.25. The monoisotopic (exact) mass is 325 g/mol. The van der Waals surface area contributed by atoms with Crippen molar-refractivity contribution in [3.63, 3.8) is 0 Å². The second-order valence-corrected chi connectivity index (χ2v) is 6.32. The van der Waals surface area contributed by atoms with Gasteiger partial charge in [0.2, 0.25) is 0 Å². The van der Waals surface area contributed by atoms with Crippen LogP contribution in [-0.4, -0.2) is 42.0 Å². The van der Waals surface area contributed by atoms with E-state index in [1.165, 1.54) is 17.7 Å². The Kier molecular flexibility index (Phi) is 6.58. The summed E-state index contributed by atoms with van der Waals surface area (Å²) in [6.45, 7) is 10.1. The molecule has 0 spiro atoms. The summed E-state index contributed by atoms with van der Waals surface area (Å²) in [6, 6.07) is 5.78. The van der Waals surface area contributed by atoms with Crippen LogP contribution in [0.25, 0.3) is 0 Å². The lowest BCUT2D eigenvalue weighted by molar-refractivity contribution is -0.609. The molecule has 0 amide bonds. The van der Waals surface area contributed by atoms with Crippen molar-refractivity contribution in [2.45, 2.75) is 32.6 Å². The van der Waals surface area contributed by atoms with E-state index in [-0.39, 0.29) is 4.90 Å². The summed E-state index contributed by atoms with van der Waals surface area (Å²) in [6.07, 6.45) is 4.21. The van der Waals surface area contributed by atoms with E-state index in [9.17, 15) is 13.0 Å². The fraction of sp³-hybridized carbons (Fsp3) is 0.400.